The van der Waals surface area contributed by atoms with E-state index in [0.717, 1.165) is 26.1 Å². The molecule has 0 fully saturated rings. The predicted octanol–water partition coefficient (Wildman–Crippen LogP) is 0.353. The minimum Gasteiger partial charge on any atom is -0.315 e. The van der Waals surface area contributed by atoms with Crippen LogP contribution >= 0.6 is 0 Å². The van der Waals surface area contributed by atoms with Gasteiger partial charge in [0, 0.05) is 25.4 Å². The van der Waals surface area contributed by atoms with Gasteiger partial charge in [0.1, 0.15) is 0 Å². The molecule has 0 radical (unpaired) electrons. The molecule has 0 aromatic heterocycles. The first-order chi connectivity index (χ1) is 7.02. The minimum atomic E-state index is -2.81. The summed E-state index contributed by atoms with van der Waals surface area (Å²) < 4.78 is 22.5. The summed E-state index contributed by atoms with van der Waals surface area (Å²) in [6, 6.07) is 0. The zero-order valence-electron chi connectivity index (χ0n) is 10.1. The molecule has 0 rings (SSSR count). The van der Waals surface area contributed by atoms with E-state index < -0.39 is 9.84 Å². The Morgan fingerprint density at radius 2 is 1.80 bits per heavy atom. The number of sulfone groups is 1. The molecule has 0 aliphatic heterocycles. The first-order valence-electron chi connectivity index (χ1n) is 5.61. The average molecular weight is 236 g/mol. The third-order valence-electron chi connectivity index (χ3n) is 2.32. The van der Waals surface area contributed by atoms with Crippen molar-refractivity contribution in [3.63, 3.8) is 0 Å². The van der Waals surface area contributed by atoms with E-state index in [0.29, 0.717) is 6.54 Å². The molecule has 0 bridgehead atoms. The Labute approximate surface area is 94.0 Å². The molecule has 0 saturated heterocycles. The van der Waals surface area contributed by atoms with E-state index in [4.69, 9.17) is 0 Å². The van der Waals surface area contributed by atoms with Gasteiger partial charge in [0.2, 0.25) is 0 Å². The van der Waals surface area contributed by atoms with Crippen molar-refractivity contribution < 1.29 is 8.42 Å². The molecule has 5 heteroatoms. The van der Waals surface area contributed by atoms with Gasteiger partial charge in [-0.2, -0.15) is 0 Å². The monoisotopic (exact) mass is 236 g/mol. The van der Waals surface area contributed by atoms with Gasteiger partial charge < -0.3 is 10.2 Å². The molecular formula is C10H24N2O2S. The van der Waals surface area contributed by atoms with Crippen LogP contribution in [0, 0.1) is 0 Å². The van der Waals surface area contributed by atoms with Crippen molar-refractivity contribution in [3.8, 4) is 0 Å². The molecule has 0 unspecified atom stereocenters. The molecule has 0 saturated carbocycles. The highest BCUT2D eigenvalue weighted by molar-refractivity contribution is 7.91. The van der Waals surface area contributed by atoms with Crippen molar-refractivity contribution in [2.24, 2.45) is 0 Å². The largest absolute Gasteiger partial charge is 0.315 e. The number of nitrogens with zero attached hydrogens (tertiary/aromatic N) is 1. The lowest BCUT2D eigenvalue weighted by atomic mass is 10.4. The van der Waals surface area contributed by atoms with Crippen LogP contribution < -0.4 is 5.32 Å². The Balaban J connectivity index is 3.53. The van der Waals surface area contributed by atoms with Gasteiger partial charge in [-0.3, -0.25) is 0 Å². The second-order valence-electron chi connectivity index (χ2n) is 3.79. The summed E-state index contributed by atoms with van der Waals surface area (Å²) in [7, 11) is -0.855. The first kappa shape index (κ1) is 14.9. The highest BCUT2D eigenvalue weighted by Crippen LogP contribution is 1.91. The molecule has 4 nitrogen and oxygen atoms in total. The smallest absolute Gasteiger partial charge is 0.151 e. The molecular weight excluding hydrogens is 212 g/mol. The molecule has 0 heterocycles. The van der Waals surface area contributed by atoms with Crippen LogP contribution in [0.5, 0.6) is 0 Å². The van der Waals surface area contributed by atoms with Gasteiger partial charge in [-0.1, -0.05) is 13.8 Å². The van der Waals surface area contributed by atoms with E-state index in [1.807, 2.05) is 7.05 Å². The molecule has 92 valence electrons. The fraction of sp³-hybridized carbons (Fsp3) is 1.00. The van der Waals surface area contributed by atoms with Crippen LogP contribution in [0.3, 0.4) is 0 Å². The van der Waals surface area contributed by atoms with Gasteiger partial charge in [0.05, 0.1) is 5.75 Å². The van der Waals surface area contributed by atoms with Crippen molar-refractivity contribution in [3.05, 3.63) is 0 Å². The number of hydrogen-bond donors (Lipinski definition) is 1. The van der Waals surface area contributed by atoms with Crippen LogP contribution in [0.4, 0.5) is 0 Å². The molecule has 0 amide bonds. The molecule has 0 aliphatic carbocycles. The number of hydrogen-bond acceptors (Lipinski definition) is 4. The number of rotatable bonds is 9. The van der Waals surface area contributed by atoms with Gasteiger partial charge in [0.15, 0.2) is 9.84 Å². The maximum Gasteiger partial charge on any atom is 0.151 e. The number of nitrogens with one attached hydrogen (secondary N) is 1. The van der Waals surface area contributed by atoms with Crippen molar-refractivity contribution in [2.45, 2.75) is 20.3 Å². The topological polar surface area (TPSA) is 49.4 Å². The number of likely N-dealkylation sites (N-methyl/N-ethyl adjacent to an activating group) is 1. The Kier molecular flexibility index (Phi) is 8.00. The summed E-state index contributed by atoms with van der Waals surface area (Å²) in [6.45, 7) is 7.31. The Hall–Kier alpha value is -0.130. The lowest BCUT2D eigenvalue weighted by Gasteiger charge is -2.16. The Morgan fingerprint density at radius 3 is 2.33 bits per heavy atom. The maximum atomic E-state index is 11.2. The fourth-order valence-electron chi connectivity index (χ4n) is 1.12. The van der Waals surface area contributed by atoms with Crippen LogP contribution in [0.15, 0.2) is 0 Å². The van der Waals surface area contributed by atoms with Crippen LogP contribution in [-0.2, 0) is 9.84 Å². The molecule has 0 aromatic rings. The van der Waals surface area contributed by atoms with Crippen LogP contribution in [0.2, 0.25) is 0 Å². The Morgan fingerprint density at radius 1 is 1.13 bits per heavy atom. The van der Waals surface area contributed by atoms with E-state index in [-0.39, 0.29) is 11.5 Å². The predicted molar refractivity (Wildman–Crippen MR) is 65.0 cm³/mol. The third kappa shape index (κ3) is 8.84. The quantitative estimate of drug-likeness (QED) is 0.587. The molecule has 0 atom stereocenters. The fourth-order valence-corrected chi connectivity index (χ4v) is 2.00. The van der Waals surface area contributed by atoms with Crippen LogP contribution in [-0.4, -0.2) is 58.1 Å². The third-order valence-corrected chi connectivity index (χ3v) is 4.01. The lowest BCUT2D eigenvalue weighted by molar-refractivity contribution is 0.350. The van der Waals surface area contributed by atoms with E-state index in [1.54, 1.807) is 6.92 Å². The maximum absolute atomic E-state index is 11.2. The van der Waals surface area contributed by atoms with Gasteiger partial charge >= 0.3 is 0 Å². The first-order valence-corrected chi connectivity index (χ1v) is 7.43. The summed E-state index contributed by atoms with van der Waals surface area (Å²) in [5.41, 5.74) is 0. The highest BCUT2D eigenvalue weighted by atomic mass is 32.2. The standard InChI is InChI=1S/C10H24N2O2S/c1-4-6-11-7-8-12(3)9-10-15(13,14)5-2/h11H,4-10H2,1-3H3. The second-order valence-corrected chi connectivity index (χ2v) is 6.26. The van der Waals surface area contributed by atoms with Gasteiger partial charge in [-0.15, -0.1) is 0 Å². The van der Waals surface area contributed by atoms with Crippen molar-refractivity contribution >= 4 is 9.84 Å². The molecule has 15 heavy (non-hydrogen) atoms. The van der Waals surface area contributed by atoms with Gasteiger partial charge in [-0.05, 0) is 20.0 Å². The highest BCUT2D eigenvalue weighted by Gasteiger charge is 2.08. The summed E-state index contributed by atoms with van der Waals surface area (Å²) in [5.74, 6) is 0.517. The van der Waals surface area contributed by atoms with Crippen LogP contribution in [0.25, 0.3) is 0 Å². The second kappa shape index (κ2) is 8.07. The van der Waals surface area contributed by atoms with E-state index >= 15 is 0 Å². The van der Waals surface area contributed by atoms with Gasteiger partial charge in [-0.25, -0.2) is 8.42 Å². The SMILES string of the molecule is CCCNCCN(C)CCS(=O)(=O)CC. The van der Waals surface area contributed by atoms with Crippen LogP contribution in [0.1, 0.15) is 20.3 Å². The zero-order chi connectivity index (χ0) is 11.7. The molecule has 1 N–H and O–H groups in total. The normalized spacial score (nSPS) is 12.3. The van der Waals surface area contributed by atoms with Gasteiger partial charge in [0.25, 0.3) is 0 Å². The molecule has 0 aliphatic rings. The summed E-state index contributed by atoms with van der Waals surface area (Å²) in [5, 5.41) is 3.29. The van der Waals surface area contributed by atoms with Crippen molar-refractivity contribution in [1.29, 1.82) is 0 Å². The van der Waals surface area contributed by atoms with E-state index in [2.05, 4.69) is 17.1 Å². The zero-order valence-corrected chi connectivity index (χ0v) is 10.9. The average Bonchev–Trinajstić information content (AvgIpc) is 2.22. The van der Waals surface area contributed by atoms with E-state index in [9.17, 15) is 8.42 Å². The van der Waals surface area contributed by atoms with Crippen molar-refractivity contribution in [1.82, 2.24) is 10.2 Å². The Bertz CT molecular complexity index is 240. The van der Waals surface area contributed by atoms with E-state index in [1.165, 1.54) is 0 Å². The molecule has 0 aromatic carbocycles. The minimum absolute atomic E-state index is 0.245. The lowest BCUT2D eigenvalue weighted by Crippen LogP contribution is -2.33. The van der Waals surface area contributed by atoms with Crippen molar-refractivity contribution in [2.75, 3.05) is 44.7 Å². The summed E-state index contributed by atoms with van der Waals surface area (Å²) >= 11 is 0. The summed E-state index contributed by atoms with van der Waals surface area (Å²) in [6.07, 6.45) is 1.13. The molecule has 0 spiro atoms. The summed E-state index contributed by atoms with van der Waals surface area (Å²) in [4.78, 5) is 2.05.